The molecule has 0 aromatic carbocycles. The zero-order valence-corrected chi connectivity index (χ0v) is 18.4. The first-order chi connectivity index (χ1) is 13.9. The third-order valence-corrected chi connectivity index (χ3v) is 7.39. The van der Waals surface area contributed by atoms with Crippen LogP contribution in [0.1, 0.15) is 19.3 Å². The molecule has 9 nitrogen and oxygen atoms in total. The fourth-order valence-electron chi connectivity index (χ4n) is 5.42. The average Bonchev–Trinajstić information content (AvgIpc) is 3.03. The summed E-state index contributed by atoms with van der Waals surface area (Å²) in [6.07, 6.45) is 2.94. The third kappa shape index (κ3) is 4.72. The van der Waals surface area contributed by atoms with Crippen molar-refractivity contribution in [3.63, 3.8) is 0 Å². The van der Waals surface area contributed by atoms with Gasteiger partial charge in [-0.15, -0.1) is 11.6 Å². The third-order valence-electron chi connectivity index (χ3n) is 7.10. The van der Waals surface area contributed by atoms with Gasteiger partial charge in [-0.2, -0.15) is 0 Å². The lowest BCUT2D eigenvalue weighted by Crippen LogP contribution is -2.64. The van der Waals surface area contributed by atoms with Crippen molar-refractivity contribution in [1.29, 1.82) is 0 Å². The van der Waals surface area contributed by atoms with Crippen molar-refractivity contribution >= 4 is 17.5 Å². The standard InChI is InChI=1S/C19H37ClN8O/c1-26(2)13-4-7-27(8-5-13)15-3-6-22-10-14(15)24-19(29)16-17(21)25-28-11-12(20)9-23-18(16)28/h12-18,22-23,25H,3-11,21H2,1-2H3,(H,24,29). The van der Waals surface area contributed by atoms with E-state index in [0.717, 1.165) is 32.6 Å². The number of alkyl halides is 1. The highest BCUT2D eigenvalue weighted by Gasteiger charge is 2.47. The van der Waals surface area contributed by atoms with E-state index in [0.29, 0.717) is 25.2 Å². The van der Waals surface area contributed by atoms with E-state index in [4.69, 9.17) is 17.3 Å². The molecule has 0 aliphatic carbocycles. The Labute approximate surface area is 179 Å². The van der Waals surface area contributed by atoms with Crippen molar-refractivity contribution < 1.29 is 4.79 Å². The highest BCUT2D eigenvalue weighted by molar-refractivity contribution is 6.21. The summed E-state index contributed by atoms with van der Waals surface area (Å²) in [5.41, 5.74) is 9.50. The Balaban J connectivity index is 1.37. The van der Waals surface area contributed by atoms with Gasteiger partial charge in [0.25, 0.3) is 0 Å². The van der Waals surface area contributed by atoms with Gasteiger partial charge < -0.3 is 21.3 Å². The fourth-order valence-corrected chi connectivity index (χ4v) is 5.66. The van der Waals surface area contributed by atoms with Crippen LogP contribution in [0.15, 0.2) is 0 Å². The maximum atomic E-state index is 13.2. The van der Waals surface area contributed by atoms with Crippen molar-refractivity contribution in [1.82, 2.24) is 36.2 Å². The van der Waals surface area contributed by atoms with Gasteiger partial charge in [0.2, 0.25) is 5.91 Å². The number of rotatable bonds is 4. The lowest BCUT2D eigenvalue weighted by Gasteiger charge is -2.45. The number of hydrazine groups is 1. The number of nitrogens with one attached hydrogen (secondary N) is 4. The number of carbonyl (C=O) groups is 1. The van der Waals surface area contributed by atoms with Gasteiger partial charge in [0.05, 0.1) is 29.7 Å². The maximum absolute atomic E-state index is 13.2. The lowest BCUT2D eigenvalue weighted by molar-refractivity contribution is -0.128. The molecule has 6 atom stereocenters. The minimum Gasteiger partial charge on any atom is -0.350 e. The lowest BCUT2D eigenvalue weighted by atomic mass is 9.93. The molecule has 4 fully saturated rings. The zero-order valence-electron chi connectivity index (χ0n) is 17.6. The molecule has 0 radical (unpaired) electrons. The van der Waals surface area contributed by atoms with Crippen LogP contribution in [-0.4, -0.2) is 110 Å². The normalized spacial score (nSPS) is 40.2. The van der Waals surface area contributed by atoms with Gasteiger partial charge in [-0.25, -0.2) is 10.4 Å². The predicted octanol–water partition coefficient (Wildman–Crippen LogP) is -1.88. The Bertz CT molecular complexity index is 572. The Morgan fingerprint density at radius 3 is 2.69 bits per heavy atom. The molecule has 1 amide bonds. The molecule has 0 saturated carbocycles. The summed E-state index contributed by atoms with van der Waals surface area (Å²) in [5.74, 6) is -0.305. The van der Waals surface area contributed by atoms with Crippen molar-refractivity contribution in [3.8, 4) is 0 Å². The molecule has 6 N–H and O–H groups in total. The predicted molar refractivity (Wildman–Crippen MR) is 114 cm³/mol. The molecule has 10 heteroatoms. The number of hydrogen-bond donors (Lipinski definition) is 5. The van der Waals surface area contributed by atoms with E-state index in [9.17, 15) is 4.79 Å². The SMILES string of the molecule is CN(C)C1CCN(C2CCNCC2NC(=O)C2C(N)NN3CC(Cl)CNC23)CC1. The van der Waals surface area contributed by atoms with Gasteiger partial charge in [0.15, 0.2) is 0 Å². The molecular formula is C19H37ClN8O. The first kappa shape index (κ1) is 21.7. The van der Waals surface area contributed by atoms with Crippen LogP contribution in [0.25, 0.3) is 0 Å². The molecule has 29 heavy (non-hydrogen) atoms. The van der Waals surface area contributed by atoms with Crippen LogP contribution in [-0.2, 0) is 4.79 Å². The van der Waals surface area contributed by atoms with Crippen LogP contribution < -0.4 is 27.1 Å². The Kier molecular flexibility index (Phi) is 6.97. The fraction of sp³-hybridized carbons (Fsp3) is 0.947. The molecule has 4 aliphatic heterocycles. The number of nitrogens with two attached hydrogens (primary N) is 1. The van der Waals surface area contributed by atoms with E-state index in [-0.39, 0.29) is 29.4 Å². The Hall–Kier alpha value is -0.520. The number of carbonyl (C=O) groups excluding carboxylic acids is 1. The summed E-state index contributed by atoms with van der Waals surface area (Å²) in [7, 11) is 4.34. The molecule has 4 heterocycles. The van der Waals surface area contributed by atoms with E-state index >= 15 is 0 Å². The Morgan fingerprint density at radius 1 is 1.21 bits per heavy atom. The number of halogens is 1. The van der Waals surface area contributed by atoms with Crippen LogP contribution in [0.2, 0.25) is 0 Å². The summed E-state index contributed by atoms with van der Waals surface area (Å²) >= 11 is 6.25. The minimum absolute atomic E-state index is 0.0183. The number of hydrogen-bond acceptors (Lipinski definition) is 8. The first-order valence-corrected chi connectivity index (χ1v) is 11.4. The molecule has 4 aliphatic rings. The second-order valence-corrected chi connectivity index (χ2v) is 9.81. The second-order valence-electron chi connectivity index (χ2n) is 9.19. The number of amides is 1. The van der Waals surface area contributed by atoms with Gasteiger partial charge in [-0.05, 0) is 39.9 Å². The summed E-state index contributed by atoms with van der Waals surface area (Å²) in [6.45, 7) is 5.38. The zero-order chi connectivity index (χ0) is 20.5. The summed E-state index contributed by atoms with van der Waals surface area (Å²) in [6, 6.07) is 1.16. The molecule has 4 rings (SSSR count). The van der Waals surface area contributed by atoms with E-state index in [1.165, 1.54) is 12.8 Å². The Morgan fingerprint density at radius 2 is 1.97 bits per heavy atom. The topological polar surface area (TPSA) is 101 Å². The van der Waals surface area contributed by atoms with Gasteiger partial charge >= 0.3 is 0 Å². The second kappa shape index (κ2) is 9.32. The smallest absolute Gasteiger partial charge is 0.229 e. The van der Waals surface area contributed by atoms with E-state index < -0.39 is 6.17 Å². The van der Waals surface area contributed by atoms with E-state index in [1.54, 1.807) is 0 Å². The highest BCUT2D eigenvalue weighted by Crippen LogP contribution is 2.24. The molecule has 0 spiro atoms. The number of fused-ring (bicyclic) bond motifs is 1. The van der Waals surface area contributed by atoms with Crippen LogP contribution in [0.4, 0.5) is 0 Å². The van der Waals surface area contributed by atoms with Crippen molar-refractivity contribution in [2.24, 2.45) is 11.7 Å². The van der Waals surface area contributed by atoms with Gasteiger partial charge in [-0.1, -0.05) is 0 Å². The minimum atomic E-state index is -0.402. The molecule has 0 aromatic heterocycles. The molecule has 0 bridgehead atoms. The number of nitrogens with zero attached hydrogens (tertiary/aromatic N) is 3. The van der Waals surface area contributed by atoms with Gasteiger partial charge in [0, 0.05) is 44.8 Å². The monoisotopic (exact) mass is 428 g/mol. The molecule has 4 saturated heterocycles. The first-order valence-electron chi connectivity index (χ1n) is 11.0. The quantitative estimate of drug-likeness (QED) is 0.332. The average molecular weight is 429 g/mol. The van der Waals surface area contributed by atoms with Crippen molar-refractivity contribution in [3.05, 3.63) is 0 Å². The van der Waals surface area contributed by atoms with Gasteiger partial charge in [-0.3, -0.25) is 15.0 Å². The summed E-state index contributed by atoms with van der Waals surface area (Å²) < 4.78 is 0. The van der Waals surface area contributed by atoms with Crippen LogP contribution in [0.3, 0.4) is 0 Å². The summed E-state index contributed by atoms with van der Waals surface area (Å²) in [5, 5.41) is 12.2. The molecule has 166 valence electrons. The molecule has 0 aromatic rings. The maximum Gasteiger partial charge on any atom is 0.229 e. The van der Waals surface area contributed by atoms with E-state index in [1.807, 2.05) is 5.01 Å². The van der Waals surface area contributed by atoms with Crippen molar-refractivity contribution in [2.75, 3.05) is 53.4 Å². The van der Waals surface area contributed by atoms with Gasteiger partial charge in [0.1, 0.15) is 0 Å². The van der Waals surface area contributed by atoms with Crippen molar-refractivity contribution in [2.45, 2.75) is 55.1 Å². The van der Waals surface area contributed by atoms with Crippen LogP contribution >= 0.6 is 11.6 Å². The van der Waals surface area contributed by atoms with Crippen LogP contribution in [0, 0.1) is 5.92 Å². The molecular weight excluding hydrogens is 392 g/mol. The van der Waals surface area contributed by atoms with E-state index in [2.05, 4.69) is 45.3 Å². The highest BCUT2D eigenvalue weighted by atomic mass is 35.5. The largest absolute Gasteiger partial charge is 0.350 e. The number of likely N-dealkylation sites (tertiary alicyclic amines) is 1. The summed E-state index contributed by atoms with van der Waals surface area (Å²) in [4.78, 5) is 18.2. The van der Waals surface area contributed by atoms with Crippen LogP contribution in [0.5, 0.6) is 0 Å². The number of piperidine rings is 2. The molecule has 6 unspecified atom stereocenters.